The zero-order valence-corrected chi connectivity index (χ0v) is 18.6. The van der Waals surface area contributed by atoms with Crippen LogP contribution in [0.15, 0.2) is 59.4 Å². The van der Waals surface area contributed by atoms with Crippen molar-refractivity contribution in [2.75, 3.05) is 6.54 Å². The van der Waals surface area contributed by atoms with Crippen LogP contribution in [0.1, 0.15) is 28.9 Å². The average molecular weight is 430 g/mol. The Morgan fingerprint density at radius 3 is 2.44 bits per heavy atom. The summed E-state index contributed by atoms with van der Waals surface area (Å²) in [6, 6.07) is 17.9. The predicted molar refractivity (Wildman–Crippen MR) is 125 cm³/mol. The molecule has 7 nitrogen and oxygen atoms in total. The number of hydrogen-bond acceptors (Lipinski definition) is 4. The first-order chi connectivity index (χ1) is 15.4. The summed E-state index contributed by atoms with van der Waals surface area (Å²) in [5.74, 6) is -0.0854. The lowest BCUT2D eigenvalue weighted by Crippen LogP contribution is -2.28. The van der Waals surface area contributed by atoms with Gasteiger partial charge in [-0.3, -0.25) is 14.2 Å². The molecule has 0 bridgehead atoms. The Morgan fingerprint density at radius 2 is 1.72 bits per heavy atom. The van der Waals surface area contributed by atoms with Gasteiger partial charge in [0, 0.05) is 26.4 Å². The highest BCUT2D eigenvalue weighted by Crippen LogP contribution is 2.19. The topological polar surface area (TPSA) is 81.8 Å². The van der Waals surface area contributed by atoms with Crippen molar-refractivity contribution < 1.29 is 4.79 Å². The van der Waals surface area contributed by atoms with Crippen LogP contribution >= 0.6 is 0 Å². The number of amides is 1. The first-order valence-electron chi connectivity index (χ1n) is 10.8. The molecule has 2 aromatic carbocycles. The molecule has 1 amide bonds. The van der Waals surface area contributed by atoms with E-state index in [0.29, 0.717) is 23.4 Å². The number of nitrogens with one attached hydrogen (secondary N) is 1. The van der Waals surface area contributed by atoms with Crippen molar-refractivity contribution in [2.45, 2.75) is 33.1 Å². The molecule has 0 fully saturated rings. The fraction of sp³-hybridized carbons (Fsp3) is 0.280. The van der Waals surface area contributed by atoms with E-state index in [-0.39, 0.29) is 24.3 Å². The molecule has 2 heterocycles. The van der Waals surface area contributed by atoms with Gasteiger partial charge in [-0.05, 0) is 38.0 Å². The minimum atomic E-state index is -0.206. The lowest BCUT2D eigenvalue weighted by Gasteiger charge is -2.09. The Labute approximate surface area is 186 Å². The molecule has 0 saturated heterocycles. The third-order valence-electron chi connectivity index (χ3n) is 5.57. The zero-order valence-electron chi connectivity index (χ0n) is 18.6. The van der Waals surface area contributed by atoms with Gasteiger partial charge in [-0.2, -0.15) is 5.10 Å². The lowest BCUT2D eigenvalue weighted by molar-refractivity contribution is -0.121. The molecule has 164 valence electrons. The van der Waals surface area contributed by atoms with Crippen LogP contribution < -0.4 is 10.9 Å². The standard InChI is InChI=1S/C25H27N5O2/c1-17-9-11-19(12-10-17)15-16-26-22(31)14-13-21-25(32)29(3)24-23(27-21)18(2)28-30(24)20-7-5-4-6-8-20/h4-12H,13-16H2,1-3H3,(H,26,31). The third-order valence-corrected chi connectivity index (χ3v) is 5.57. The van der Waals surface area contributed by atoms with Gasteiger partial charge in [-0.1, -0.05) is 48.0 Å². The van der Waals surface area contributed by atoms with Gasteiger partial charge < -0.3 is 5.32 Å². The van der Waals surface area contributed by atoms with Crippen LogP contribution in [0.2, 0.25) is 0 Å². The van der Waals surface area contributed by atoms with Gasteiger partial charge in [-0.25, -0.2) is 9.67 Å². The van der Waals surface area contributed by atoms with Gasteiger partial charge in [0.15, 0.2) is 5.65 Å². The average Bonchev–Trinajstić information content (AvgIpc) is 3.13. The molecule has 0 aliphatic heterocycles. The van der Waals surface area contributed by atoms with Crippen molar-refractivity contribution in [3.05, 3.63) is 87.5 Å². The van der Waals surface area contributed by atoms with Gasteiger partial charge in [0.05, 0.1) is 11.4 Å². The number of aromatic nitrogens is 4. The molecule has 1 N–H and O–H groups in total. The van der Waals surface area contributed by atoms with Gasteiger partial charge >= 0.3 is 0 Å². The van der Waals surface area contributed by atoms with E-state index in [4.69, 9.17) is 0 Å². The zero-order chi connectivity index (χ0) is 22.7. The lowest BCUT2D eigenvalue weighted by atomic mass is 10.1. The van der Waals surface area contributed by atoms with E-state index in [1.807, 2.05) is 37.3 Å². The first kappa shape index (κ1) is 21.5. The van der Waals surface area contributed by atoms with E-state index < -0.39 is 0 Å². The first-order valence-corrected chi connectivity index (χ1v) is 10.8. The molecule has 32 heavy (non-hydrogen) atoms. The van der Waals surface area contributed by atoms with Crippen molar-refractivity contribution in [1.82, 2.24) is 24.6 Å². The third kappa shape index (κ3) is 4.46. The molecule has 0 unspecified atom stereocenters. The minimum absolute atomic E-state index is 0.0854. The summed E-state index contributed by atoms with van der Waals surface area (Å²) in [6.45, 7) is 4.49. The molecule has 7 heteroatoms. The quantitative estimate of drug-likeness (QED) is 0.490. The summed E-state index contributed by atoms with van der Waals surface area (Å²) in [5.41, 5.74) is 5.49. The van der Waals surface area contributed by atoms with Crippen molar-refractivity contribution in [3.63, 3.8) is 0 Å². The summed E-state index contributed by atoms with van der Waals surface area (Å²) in [7, 11) is 1.72. The Bertz CT molecular complexity index is 1300. The number of para-hydroxylation sites is 1. The second kappa shape index (κ2) is 9.18. The maximum Gasteiger partial charge on any atom is 0.273 e. The van der Waals surface area contributed by atoms with E-state index in [1.165, 1.54) is 11.1 Å². The molecule has 0 spiro atoms. The second-order valence-electron chi connectivity index (χ2n) is 8.01. The van der Waals surface area contributed by atoms with E-state index in [9.17, 15) is 9.59 Å². The van der Waals surface area contributed by atoms with Gasteiger partial charge in [0.25, 0.3) is 5.56 Å². The number of rotatable bonds is 7. The van der Waals surface area contributed by atoms with Crippen LogP contribution in [0.4, 0.5) is 0 Å². The van der Waals surface area contributed by atoms with Crippen LogP contribution in [-0.2, 0) is 24.7 Å². The van der Waals surface area contributed by atoms with Crippen LogP contribution in [0.3, 0.4) is 0 Å². The number of benzene rings is 2. The van der Waals surface area contributed by atoms with Gasteiger partial charge in [0.2, 0.25) is 5.91 Å². The van der Waals surface area contributed by atoms with Crippen LogP contribution in [-0.4, -0.2) is 31.8 Å². The second-order valence-corrected chi connectivity index (χ2v) is 8.01. The van der Waals surface area contributed by atoms with Crippen LogP contribution in [0.25, 0.3) is 16.9 Å². The Morgan fingerprint density at radius 1 is 1.00 bits per heavy atom. The SMILES string of the molecule is Cc1ccc(CCNC(=O)CCc2nc3c(C)nn(-c4ccccc4)c3n(C)c2=O)cc1. The van der Waals surface area contributed by atoms with Crippen molar-refractivity contribution in [1.29, 1.82) is 0 Å². The Balaban J connectivity index is 1.46. The number of fused-ring (bicyclic) bond motifs is 1. The van der Waals surface area contributed by atoms with Gasteiger partial charge in [-0.15, -0.1) is 0 Å². The maximum absolute atomic E-state index is 12.9. The molecule has 0 aliphatic rings. The predicted octanol–water partition coefficient (Wildman–Crippen LogP) is 3.03. The minimum Gasteiger partial charge on any atom is -0.356 e. The number of carbonyl (C=O) groups is 1. The molecule has 0 saturated carbocycles. The molecule has 4 aromatic rings. The molecule has 0 radical (unpaired) electrons. The van der Waals surface area contributed by atoms with Crippen molar-refractivity contribution >= 4 is 17.1 Å². The molecule has 0 atom stereocenters. The van der Waals surface area contributed by atoms with Gasteiger partial charge in [0.1, 0.15) is 11.2 Å². The fourth-order valence-electron chi connectivity index (χ4n) is 3.74. The molecular weight excluding hydrogens is 402 g/mol. The van der Waals surface area contributed by atoms with Crippen LogP contribution in [0, 0.1) is 13.8 Å². The number of carbonyl (C=O) groups excluding carboxylic acids is 1. The van der Waals surface area contributed by atoms with Crippen molar-refractivity contribution in [3.8, 4) is 5.69 Å². The summed E-state index contributed by atoms with van der Waals surface area (Å²) in [4.78, 5) is 29.8. The largest absolute Gasteiger partial charge is 0.356 e. The van der Waals surface area contributed by atoms with E-state index in [0.717, 1.165) is 17.8 Å². The van der Waals surface area contributed by atoms with Crippen molar-refractivity contribution in [2.24, 2.45) is 7.05 Å². The molecule has 4 rings (SSSR count). The Kier molecular flexibility index (Phi) is 6.16. The maximum atomic E-state index is 12.9. The fourth-order valence-corrected chi connectivity index (χ4v) is 3.74. The van der Waals surface area contributed by atoms with E-state index in [2.05, 4.69) is 46.6 Å². The van der Waals surface area contributed by atoms with Crippen LogP contribution in [0.5, 0.6) is 0 Å². The summed E-state index contributed by atoms with van der Waals surface area (Å²) >= 11 is 0. The highest BCUT2D eigenvalue weighted by Gasteiger charge is 2.18. The van der Waals surface area contributed by atoms with E-state index in [1.54, 1.807) is 16.3 Å². The summed E-state index contributed by atoms with van der Waals surface area (Å²) in [5, 5.41) is 7.52. The normalized spacial score (nSPS) is 11.1. The highest BCUT2D eigenvalue weighted by atomic mass is 16.1. The molecule has 2 aromatic heterocycles. The monoisotopic (exact) mass is 429 g/mol. The number of nitrogens with zero attached hydrogens (tertiary/aromatic N) is 4. The summed E-state index contributed by atoms with van der Waals surface area (Å²) in [6.07, 6.45) is 1.28. The molecular formula is C25H27N5O2. The number of aryl methyl sites for hydroxylation is 4. The number of hydrogen-bond donors (Lipinski definition) is 1. The Hall–Kier alpha value is -3.74. The van der Waals surface area contributed by atoms with E-state index >= 15 is 0 Å². The molecule has 0 aliphatic carbocycles. The highest BCUT2D eigenvalue weighted by molar-refractivity contribution is 5.77. The smallest absolute Gasteiger partial charge is 0.273 e. The summed E-state index contributed by atoms with van der Waals surface area (Å²) < 4.78 is 3.31.